The van der Waals surface area contributed by atoms with Crippen molar-refractivity contribution in [2.75, 3.05) is 14.2 Å². The topological polar surface area (TPSA) is 21.3 Å². The van der Waals surface area contributed by atoms with Crippen LogP contribution in [0.4, 0.5) is 0 Å². The first-order chi connectivity index (χ1) is 9.19. The van der Waals surface area contributed by atoms with Crippen LogP contribution < -0.4 is 10.1 Å². The maximum atomic E-state index is 5.44. The van der Waals surface area contributed by atoms with Gasteiger partial charge in [0.1, 0.15) is 5.75 Å². The van der Waals surface area contributed by atoms with Gasteiger partial charge in [0.25, 0.3) is 0 Å². The van der Waals surface area contributed by atoms with E-state index in [9.17, 15) is 0 Å². The van der Waals surface area contributed by atoms with Crippen LogP contribution in [0.2, 0.25) is 0 Å². The summed E-state index contributed by atoms with van der Waals surface area (Å²) in [7, 11) is 3.89. The van der Waals surface area contributed by atoms with Gasteiger partial charge in [-0.3, -0.25) is 0 Å². The summed E-state index contributed by atoms with van der Waals surface area (Å²) in [4.78, 5) is 0. The van der Waals surface area contributed by atoms with E-state index < -0.39 is 0 Å². The maximum absolute atomic E-state index is 5.44. The van der Waals surface area contributed by atoms with Crippen LogP contribution in [-0.2, 0) is 11.8 Å². The Morgan fingerprint density at radius 1 is 1.32 bits per heavy atom. The Labute approximate surface area is 116 Å². The van der Waals surface area contributed by atoms with Crippen LogP contribution in [-0.4, -0.2) is 20.2 Å². The Kier molecular flexibility index (Phi) is 3.30. The van der Waals surface area contributed by atoms with Gasteiger partial charge in [-0.05, 0) is 55.5 Å². The fraction of sp³-hybridized carbons (Fsp3) is 0.647. The van der Waals surface area contributed by atoms with Crippen molar-refractivity contribution in [2.24, 2.45) is 5.92 Å². The zero-order chi connectivity index (χ0) is 13.5. The molecule has 0 amide bonds. The fourth-order valence-electron chi connectivity index (χ4n) is 4.49. The minimum atomic E-state index is 0.262. The summed E-state index contributed by atoms with van der Waals surface area (Å²) in [5.74, 6) is 1.79. The molecule has 1 aromatic carbocycles. The lowest BCUT2D eigenvalue weighted by molar-refractivity contribution is 0.220. The standard InChI is InChI=1S/C17H25NO/c1-17-9-5-4-6-13(16(17)18-2)10-12-7-8-14(19-3)11-15(12)17/h7-8,11,13,16,18H,4-6,9-10H2,1-3H3/t13?,16-,17+/m0/s1. The van der Waals surface area contributed by atoms with Gasteiger partial charge in [0.15, 0.2) is 0 Å². The third-order valence-electron chi connectivity index (χ3n) is 5.40. The molecule has 3 atom stereocenters. The highest BCUT2D eigenvalue weighted by Gasteiger charge is 2.45. The van der Waals surface area contributed by atoms with Crippen LogP contribution in [0, 0.1) is 5.92 Å². The number of hydrogen-bond acceptors (Lipinski definition) is 2. The molecule has 0 radical (unpaired) electrons. The Bertz CT molecular complexity index is 470. The van der Waals surface area contributed by atoms with Crippen molar-refractivity contribution in [1.82, 2.24) is 5.32 Å². The lowest BCUT2D eigenvalue weighted by atomic mass is 9.63. The highest BCUT2D eigenvalue weighted by Crippen LogP contribution is 2.47. The largest absolute Gasteiger partial charge is 0.497 e. The first kappa shape index (κ1) is 13.0. The summed E-state index contributed by atoms with van der Waals surface area (Å²) in [5.41, 5.74) is 3.32. The molecule has 2 aliphatic carbocycles. The van der Waals surface area contributed by atoms with Crippen molar-refractivity contribution in [3.05, 3.63) is 29.3 Å². The Morgan fingerprint density at radius 3 is 2.89 bits per heavy atom. The van der Waals surface area contributed by atoms with Gasteiger partial charge < -0.3 is 10.1 Å². The summed E-state index contributed by atoms with van der Waals surface area (Å²) in [6.45, 7) is 2.45. The summed E-state index contributed by atoms with van der Waals surface area (Å²) in [6, 6.07) is 7.29. The van der Waals surface area contributed by atoms with Gasteiger partial charge in [-0.2, -0.15) is 0 Å². The number of rotatable bonds is 2. The van der Waals surface area contributed by atoms with Crippen LogP contribution in [0.25, 0.3) is 0 Å². The van der Waals surface area contributed by atoms with E-state index in [1.165, 1.54) is 37.7 Å². The highest BCUT2D eigenvalue weighted by molar-refractivity contribution is 5.44. The normalized spacial score (nSPS) is 33.4. The van der Waals surface area contributed by atoms with Gasteiger partial charge >= 0.3 is 0 Å². The molecule has 1 aromatic rings. The average Bonchev–Trinajstić information content (AvgIpc) is 2.54. The molecule has 19 heavy (non-hydrogen) atoms. The molecule has 1 N–H and O–H groups in total. The van der Waals surface area contributed by atoms with Gasteiger partial charge in [-0.15, -0.1) is 0 Å². The lowest BCUT2D eigenvalue weighted by Gasteiger charge is -2.46. The molecule has 0 aliphatic heterocycles. The monoisotopic (exact) mass is 259 g/mol. The lowest BCUT2D eigenvalue weighted by Crippen LogP contribution is -2.52. The quantitative estimate of drug-likeness (QED) is 0.880. The number of ether oxygens (including phenoxy) is 1. The summed E-state index contributed by atoms with van der Waals surface area (Å²) < 4.78 is 5.44. The van der Waals surface area contributed by atoms with E-state index in [0.717, 1.165) is 11.7 Å². The van der Waals surface area contributed by atoms with E-state index >= 15 is 0 Å². The molecule has 2 bridgehead atoms. The second-order valence-corrected chi connectivity index (χ2v) is 6.42. The Morgan fingerprint density at radius 2 is 2.16 bits per heavy atom. The predicted octanol–water partition coefficient (Wildman–Crippen LogP) is 3.29. The second-order valence-electron chi connectivity index (χ2n) is 6.42. The SMILES string of the molecule is CN[C@H]1C2CCCC[C@]1(C)c1cc(OC)ccc1C2. The van der Waals surface area contributed by atoms with Crippen molar-refractivity contribution in [1.29, 1.82) is 0 Å². The molecule has 1 fully saturated rings. The maximum Gasteiger partial charge on any atom is 0.119 e. The van der Waals surface area contributed by atoms with E-state index in [4.69, 9.17) is 4.74 Å². The number of benzene rings is 1. The van der Waals surface area contributed by atoms with Crippen molar-refractivity contribution in [3.63, 3.8) is 0 Å². The molecule has 1 unspecified atom stereocenters. The molecular formula is C17H25NO. The third kappa shape index (κ3) is 1.97. The first-order valence-electron chi connectivity index (χ1n) is 7.53. The molecule has 3 rings (SSSR count). The molecule has 0 heterocycles. The van der Waals surface area contributed by atoms with Crippen molar-refractivity contribution < 1.29 is 4.74 Å². The minimum absolute atomic E-state index is 0.262. The smallest absolute Gasteiger partial charge is 0.119 e. The van der Waals surface area contributed by atoms with E-state index in [0.29, 0.717) is 6.04 Å². The van der Waals surface area contributed by atoms with Crippen molar-refractivity contribution in [2.45, 2.75) is 50.5 Å². The Balaban J connectivity index is 2.13. The molecule has 0 spiro atoms. The molecule has 0 saturated heterocycles. The van der Waals surface area contributed by atoms with Crippen LogP contribution in [0.15, 0.2) is 18.2 Å². The zero-order valence-corrected chi connectivity index (χ0v) is 12.3. The summed E-state index contributed by atoms with van der Waals surface area (Å²) in [6.07, 6.45) is 6.60. The predicted molar refractivity (Wildman–Crippen MR) is 78.9 cm³/mol. The number of likely N-dealkylation sites (N-methyl/N-ethyl adjacent to an activating group) is 1. The van der Waals surface area contributed by atoms with Gasteiger partial charge in [-0.1, -0.05) is 25.8 Å². The van der Waals surface area contributed by atoms with Crippen LogP contribution in [0.1, 0.15) is 43.7 Å². The molecule has 2 nitrogen and oxygen atoms in total. The van der Waals surface area contributed by atoms with E-state index in [1.54, 1.807) is 12.7 Å². The summed E-state index contributed by atoms with van der Waals surface area (Å²) >= 11 is 0. The van der Waals surface area contributed by atoms with E-state index in [1.807, 2.05) is 0 Å². The van der Waals surface area contributed by atoms with E-state index in [-0.39, 0.29) is 5.41 Å². The zero-order valence-electron chi connectivity index (χ0n) is 12.3. The van der Waals surface area contributed by atoms with Crippen molar-refractivity contribution >= 4 is 0 Å². The molecule has 0 aromatic heterocycles. The number of nitrogens with one attached hydrogen (secondary N) is 1. The van der Waals surface area contributed by atoms with Crippen molar-refractivity contribution in [3.8, 4) is 5.75 Å². The average molecular weight is 259 g/mol. The molecule has 104 valence electrons. The minimum Gasteiger partial charge on any atom is -0.497 e. The third-order valence-corrected chi connectivity index (χ3v) is 5.40. The second kappa shape index (κ2) is 4.82. The highest BCUT2D eigenvalue weighted by atomic mass is 16.5. The molecule has 1 saturated carbocycles. The Hall–Kier alpha value is -1.02. The van der Waals surface area contributed by atoms with Gasteiger partial charge in [-0.25, -0.2) is 0 Å². The van der Waals surface area contributed by atoms with Gasteiger partial charge in [0.2, 0.25) is 0 Å². The molecular weight excluding hydrogens is 234 g/mol. The molecule has 2 heteroatoms. The van der Waals surface area contributed by atoms with Crippen LogP contribution >= 0.6 is 0 Å². The number of methoxy groups -OCH3 is 1. The van der Waals surface area contributed by atoms with Gasteiger partial charge in [0.05, 0.1) is 7.11 Å². The molecule has 2 aliphatic rings. The number of fused-ring (bicyclic) bond motifs is 4. The van der Waals surface area contributed by atoms with Crippen LogP contribution in [0.5, 0.6) is 5.75 Å². The van der Waals surface area contributed by atoms with Crippen LogP contribution in [0.3, 0.4) is 0 Å². The fourth-order valence-corrected chi connectivity index (χ4v) is 4.49. The van der Waals surface area contributed by atoms with Gasteiger partial charge in [0, 0.05) is 11.5 Å². The van der Waals surface area contributed by atoms with E-state index in [2.05, 4.69) is 37.5 Å². The summed E-state index contributed by atoms with van der Waals surface area (Å²) in [5, 5.41) is 3.62. The number of hydrogen-bond donors (Lipinski definition) is 1. The first-order valence-corrected chi connectivity index (χ1v) is 7.53.